The number of rotatable bonds is 4. The van der Waals surface area contributed by atoms with Gasteiger partial charge in [0.05, 0.1) is 5.69 Å². The monoisotopic (exact) mass is 968 g/mol. The van der Waals surface area contributed by atoms with Gasteiger partial charge in [0.15, 0.2) is 0 Å². The van der Waals surface area contributed by atoms with Crippen LogP contribution in [0.1, 0.15) is 145 Å². The summed E-state index contributed by atoms with van der Waals surface area (Å²) in [5.74, 6) is 2.33. The van der Waals surface area contributed by atoms with Gasteiger partial charge in [-0.05, 0) is 91.6 Å². The van der Waals surface area contributed by atoms with Gasteiger partial charge in [0.2, 0.25) is 0 Å². The zero-order valence-electron chi connectivity index (χ0n) is 37.8. The molecule has 0 unspecified atom stereocenters. The minimum absolute atomic E-state index is 0. The average Bonchev–Trinajstić information content (AvgIpc) is 3.54. The van der Waals surface area contributed by atoms with Crippen LogP contribution in [-0.2, 0) is 54.0 Å². The van der Waals surface area contributed by atoms with Crippen molar-refractivity contribution >= 4 is 23.1 Å². The number of benzene rings is 2. The third kappa shape index (κ3) is 6.84. The minimum Gasteiger partial charge on any atom is -0.510 e. The topological polar surface area (TPSA) is 72.7 Å². The number of pyridine rings is 3. The van der Waals surface area contributed by atoms with E-state index in [4.69, 9.17) is 29.4 Å². The van der Waals surface area contributed by atoms with Crippen molar-refractivity contribution in [3.8, 4) is 11.6 Å². The van der Waals surface area contributed by atoms with Gasteiger partial charge in [-0.1, -0.05) is 106 Å². The summed E-state index contributed by atoms with van der Waals surface area (Å²) >= 11 is 0. The molecule has 3 aromatic heterocycles. The maximum atomic E-state index is 7.19. The molecule has 2 atom stereocenters. The third-order valence-electron chi connectivity index (χ3n) is 13.0. The number of fused-ring (bicyclic) bond motifs is 5. The quantitative estimate of drug-likeness (QED) is 0.167. The summed E-state index contributed by atoms with van der Waals surface area (Å²) in [5, 5.41) is 0. The predicted octanol–water partition coefficient (Wildman–Crippen LogP) is 12.2. The van der Waals surface area contributed by atoms with E-state index >= 15 is 0 Å². The minimum atomic E-state index is -0.634. The fourth-order valence-corrected chi connectivity index (χ4v) is 9.26. The molecule has 2 aliphatic heterocycles. The van der Waals surface area contributed by atoms with E-state index in [1.165, 1.54) is 16.7 Å². The molecule has 0 amide bonds. The second-order valence-corrected chi connectivity index (χ2v) is 20.8. The van der Waals surface area contributed by atoms with Gasteiger partial charge in [0, 0.05) is 51.7 Å². The Balaban J connectivity index is 0.00000528. The predicted molar refractivity (Wildman–Crippen MR) is 234 cm³/mol. The summed E-state index contributed by atoms with van der Waals surface area (Å²) in [6.07, 6.45) is 2.62. The second-order valence-electron chi connectivity index (χ2n) is 20.8. The van der Waals surface area contributed by atoms with E-state index in [0.717, 1.165) is 62.1 Å². The summed E-state index contributed by atoms with van der Waals surface area (Å²) in [5.41, 5.74) is 11.8. The number of ether oxygens (including phenoxy) is 2. The van der Waals surface area contributed by atoms with Gasteiger partial charge in [-0.25, -0.2) is 4.98 Å². The largest absolute Gasteiger partial charge is 2.00 e. The number of hydrogen-bond acceptors (Lipinski definition) is 7. The molecule has 0 bridgehead atoms. The van der Waals surface area contributed by atoms with Crippen LogP contribution < -0.4 is 9.64 Å². The van der Waals surface area contributed by atoms with Gasteiger partial charge in [0.1, 0.15) is 28.7 Å². The third-order valence-corrected chi connectivity index (χ3v) is 13.0. The van der Waals surface area contributed by atoms with Crippen molar-refractivity contribution in [2.75, 3.05) is 4.90 Å². The van der Waals surface area contributed by atoms with Crippen LogP contribution in [0.2, 0.25) is 0 Å². The number of aliphatic imine (C=N–C) groups is 1. The number of hydrogen-bond donors (Lipinski definition) is 0. The number of aryl methyl sites for hydroxylation is 4. The van der Waals surface area contributed by atoms with Crippen molar-refractivity contribution < 1.29 is 30.5 Å². The molecule has 310 valence electrons. The second kappa shape index (κ2) is 13.8. The van der Waals surface area contributed by atoms with Gasteiger partial charge in [-0.3, -0.25) is 15.0 Å². The van der Waals surface area contributed by atoms with E-state index in [2.05, 4.69) is 169 Å². The van der Waals surface area contributed by atoms with Crippen LogP contribution in [0.3, 0.4) is 0 Å². The Morgan fingerprint density at radius 3 is 2.12 bits per heavy atom. The SMILES string of the molecule is Cc1cnc2c(c1)C(C)(C)c1cc(C(C)(C)C)ccc1N2c1[c-]c(Oc2[c-]c(C3=N[C@]4(C)c5cc(C)c(C)nc5C[C@]4(C(C)(C)C)O3)cc(C(C)(C)C)c2)nc(C)c1.[Pt+2]. The van der Waals surface area contributed by atoms with Crippen LogP contribution >= 0.6 is 0 Å². The maximum Gasteiger partial charge on any atom is 2.00 e. The van der Waals surface area contributed by atoms with Crippen molar-refractivity contribution in [1.29, 1.82) is 0 Å². The van der Waals surface area contributed by atoms with Gasteiger partial charge in [-0.15, -0.1) is 17.3 Å². The van der Waals surface area contributed by atoms with Crippen LogP contribution in [0.5, 0.6) is 11.6 Å². The first-order valence-electron chi connectivity index (χ1n) is 20.7. The molecule has 7 nitrogen and oxygen atoms in total. The molecule has 0 saturated carbocycles. The number of anilines is 3. The Morgan fingerprint density at radius 2 is 1.46 bits per heavy atom. The fraction of sp³-hybridized carbons (Fsp3) is 0.451. The van der Waals surface area contributed by atoms with Crippen molar-refractivity contribution in [2.24, 2.45) is 10.4 Å². The summed E-state index contributed by atoms with van der Waals surface area (Å²) < 4.78 is 13.9. The normalized spacial score (nSPS) is 20.5. The zero-order valence-corrected chi connectivity index (χ0v) is 40.0. The van der Waals surface area contributed by atoms with Crippen LogP contribution in [-0.4, -0.2) is 26.5 Å². The van der Waals surface area contributed by atoms with Crippen molar-refractivity contribution in [3.05, 3.63) is 128 Å². The van der Waals surface area contributed by atoms with Crippen LogP contribution in [0.15, 0.2) is 59.7 Å². The van der Waals surface area contributed by atoms with Crippen LogP contribution in [0.4, 0.5) is 17.2 Å². The Morgan fingerprint density at radius 1 is 0.763 bits per heavy atom. The Kier molecular flexibility index (Phi) is 10.0. The molecule has 5 heterocycles. The van der Waals surface area contributed by atoms with E-state index < -0.39 is 11.1 Å². The van der Waals surface area contributed by atoms with Gasteiger partial charge >= 0.3 is 21.1 Å². The summed E-state index contributed by atoms with van der Waals surface area (Å²) in [6, 6.07) is 24.8. The molecule has 1 aliphatic carbocycles. The summed E-state index contributed by atoms with van der Waals surface area (Å²) in [6.45, 7) is 35.3. The first kappa shape index (κ1) is 42.8. The van der Waals surface area contributed by atoms with Crippen molar-refractivity contribution in [3.63, 3.8) is 0 Å². The number of nitrogens with zero attached hydrogens (tertiary/aromatic N) is 5. The molecule has 2 aromatic carbocycles. The molecule has 0 saturated heterocycles. The molecule has 8 heteroatoms. The first-order valence-corrected chi connectivity index (χ1v) is 20.7. The van der Waals surface area contributed by atoms with E-state index in [9.17, 15) is 0 Å². The Labute approximate surface area is 366 Å². The summed E-state index contributed by atoms with van der Waals surface area (Å²) in [4.78, 5) is 22.7. The zero-order chi connectivity index (χ0) is 42.1. The fourth-order valence-electron chi connectivity index (χ4n) is 9.26. The first-order chi connectivity index (χ1) is 26.8. The van der Waals surface area contributed by atoms with E-state index in [1.807, 2.05) is 13.1 Å². The van der Waals surface area contributed by atoms with Crippen LogP contribution in [0.25, 0.3) is 0 Å². The molecule has 8 rings (SSSR count). The molecule has 0 spiro atoms. The molecular formula is C51H59N5O2Pt. The van der Waals surface area contributed by atoms with E-state index in [-0.39, 0.29) is 42.7 Å². The van der Waals surface area contributed by atoms with E-state index in [0.29, 0.717) is 23.9 Å². The molecule has 0 N–H and O–H groups in total. The Bertz CT molecular complexity index is 2550. The maximum absolute atomic E-state index is 7.19. The summed E-state index contributed by atoms with van der Waals surface area (Å²) in [7, 11) is 0. The van der Waals surface area contributed by atoms with Crippen molar-refractivity contribution in [2.45, 2.75) is 145 Å². The van der Waals surface area contributed by atoms with Crippen molar-refractivity contribution in [1.82, 2.24) is 15.0 Å². The number of aromatic nitrogens is 3. The molecule has 3 aliphatic rings. The smallest absolute Gasteiger partial charge is 0.510 e. The van der Waals surface area contributed by atoms with Gasteiger partial charge < -0.3 is 14.4 Å². The van der Waals surface area contributed by atoms with E-state index in [1.54, 1.807) is 0 Å². The molecule has 0 radical (unpaired) electrons. The van der Waals surface area contributed by atoms with Gasteiger partial charge in [-0.2, -0.15) is 12.1 Å². The molecule has 0 fully saturated rings. The van der Waals surface area contributed by atoms with Gasteiger partial charge in [0.25, 0.3) is 0 Å². The van der Waals surface area contributed by atoms with Crippen LogP contribution in [0, 0.1) is 45.2 Å². The standard InChI is InChI=1S/C51H59N5O2.Pt/c1-29-19-40-44(52-28-29)56(42-18-17-34(46(5,6)7)25-39(42)49(40,14)15)36-21-31(3)53-43(26-36)57-37-23-33(22-35(24-37)47(8,9)10)45-55-50(16)38-20-30(2)32(4)54-41(38)27-51(50,58-45)48(11,12)13;/h17-22,24-25,28H,27H2,1-16H3;/q-2;+2/t50-,51-;/m1./s1. The molecule has 5 aromatic rings. The Hall–Kier alpha value is -4.35. The average molecular weight is 969 g/mol. The molecule has 59 heavy (non-hydrogen) atoms. The molecular weight excluding hydrogens is 910 g/mol.